The van der Waals surface area contributed by atoms with Gasteiger partial charge in [0.25, 0.3) is 0 Å². The number of allylic oxidation sites excluding steroid dienone is 2. The van der Waals surface area contributed by atoms with Crippen LogP contribution < -0.4 is 0 Å². The summed E-state index contributed by atoms with van der Waals surface area (Å²) in [6.45, 7) is 2.35. The molecule has 1 rings (SSSR count). The van der Waals surface area contributed by atoms with Gasteiger partial charge in [-0.3, -0.25) is 4.79 Å². The lowest BCUT2D eigenvalue weighted by Gasteiger charge is -2.16. The number of aliphatic hydroxyl groups excluding tert-OH is 1. The van der Waals surface area contributed by atoms with Crippen molar-refractivity contribution in [3.8, 4) is 0 Å². The molecule has 2 nitrogen and oxygen atoms in total. The molecule has 1 aliphatic rings. The normalized spacial score (nSPS) is 17.7. The van der Waals surface area contributed by atoms with Crippen LogP contribution in [0.5, 0.6) is 0 Å². The Morgan fingerprint density at radius 3 is 2.64 bits per heavy atom. The second-order valence-corrected chi connectivity index (χ2v) is 4.07. The minimum absolute atomic E-state index is 0.270. The van der Waals surface area contributed by atoms with Crippen LogP contribution in [0.25, 0.3) is 0 Å². The number of hydrogen-bond donors (Lipinski definition) is 1. The molecule has 0 aromatic rings. The van der Waals surface area contributed by atoms with Gasteiger partial charge < -0.3 is 5.11 Å². The van der Waals surface area contributed by atoms with Gasteiger partial charge in [-0.25, -0.2) is 0 Å². The van der Waals surface area contributed by atoms with Crippen molar-refractivity contribution >= 4 is 5.78 Å². The van der Waals surface area contributed by atoms with Gasteiger partial charge in [0.15, 0.2) is 5.78 Å². The highest BCUT2D eigenvalue weighted by Crippen LogP contribution is 2.25. The van der Waals surface area contributed by atoms with Crippen LogP contribution in [0, 0.1) is 0 Å². The van der Waals surface area contributed by atoms with Crippen LogP contribution in [0.2, 0.25) is 0 Å². The second-order valence-electron chi connectivity index (χ2n) is 4.07. The summed E-state index contributed by atoms with van der Waals surface area (Å²) in [4.78, 5) is 11.6. The lowest BCUT2D eigenvalue weighted by atomic mass is 9.88. The van der Waals surface area contributed by atoms with E-state index < -0.39 is 0 Å². The van der Waals surface area contributed by atoms with E-state index in [-0.39, 0.29) is 6.61 Å². The van der Waals surface area contributed by atoms with Crippen LogP contribution in [0.15, 0.2) is 11.1 Å². The Morgan fingerprint density at radius 1 is 1.21 bits per heavy atom. The minimum atomic E-state index is 0.270. The van der Waals surface area contributed by atoms with E-state index >= 15 is 0 Å². The van der Waals surface area contributed by atoms with E-state index in [2.05, 4.69) is 6.92 Å². The second kappa shape index (κ2) is 5.97. The number of hydrogen-bond acceptors (Lipinski definition) is 2. The zero-order chi connectivity index (χ0) is 10.4. The molecule has 0 atom stereocenters. The fourth-order valence-corrected chi connectivity index (χ4v) is 2.00. The van der Waals surface area contributed by atoms with Gasteiger partial charge in [-0.15, -0.1) is 0 Å². The molecule has 0 bridgehead atoms. The Balaban J connectivity index is 2.37. The topological polar surface area (TPSA) is 37.3 Å². The summed E-state index contributed by atoms with van der Waals surface area (Å²) in [5, 5.41) is 8.63. The lowest BCUT2D eigenvalue weighted by molar-refractivity contribution is -0.116. The summed E-state index contributed by atoms with van der Waals surface area (Å²) in [5.41, 5.74) is 2.37. The summed E-state index contributed by atoms with van der Waals surface area (Å²) in [7, 11) is 0. The van der Waals surface area contributed by atoms with Crippen molar-refractivity contribution in [3.05, 3.63) is 11.1 Å². The Labute approximate surface area is 86.0 Å². The first kappa shape index (κ1) is 11.4. The largest absolute Gasteiger partial charge is 0.396 e. The quantitative estimate of drug-likeness (QED) is 0.686. The average Bonchev–Trinajstić information content (AvgIpc) is 2.16. The monoisotopic (exact) mass is 196 g/mol. The molecule has 0 heterocycles. The van der Waals surface area contributed by atoms with E-state index in [0.717, 1.165) is 50.5 Å². The van der Waals surface area contributed by atoms with Crippen LogP contribution in [0.1, 0.15) is 51.9 Å². The number of aliphatic hydroxyl groups is 1. The Hall–Kier alpha value is -0.630. The SMILES string of the molecule is CC1=C(CCCCCO)C(=O)CCC1. The molecule has 0 saturated carbocycles. The standard InChI is InChI=1S/C12H20O2/c1-10-6-5-8-12(14)11(10)7-3-2-4-9-13/h13H,2-9H2,1H3. The maximum absolute atomic E-state index is 11.6. The third-order valence-corrected chi connectivity index (χ3v) is 2.89. The lowest BCUT2D eigenvalue weighted by Crippen LogP contribution is -2.10. The molecule has 80 valence electrons. The smallest absolute Gasteiger partial charge is 0.158 e. The van der Waals surface area contributed by atoms with Gasteiger partial charge >= 0.3 is 0 Å². The van der Waals surface area contributed by atoms with Crippen LogP contribution in [-0.4, -0.2) is 17.5 Å². The first-order valence-electron chi connectivity index (χ1n) is 5.58. The molecule has 0 unspecified atom stereocenters. The van der Waals surface area contributed by atoms with Crippen molar-refractivity contribution in [1.29, 1.82) is 0 Å². The van der Waals surface area contributed by atoms with Gasteiger partial charge in [-0.05, 0) is 44.6 Å². The van der Waals surface area contributed by atoms with Crippen LogP contribution in [0.3, 0.4) is 0 Å². The summed E-state index contributed by atoms with van der Waals surface area (Å²) < 4.78 is 0. The fourth-order valence-electron chi connectivity index (χ4n) is 2.00. The molecule has 0 spiro atoms. The van der Waals surface area contributed by atoms with Gasteiger partial charge in [-0.1, -0.05) is 12.0 Å². The molecule has 0 aromatic heterocycles. The highest BCUT2D eigenvalue weighted by atomic mass is 16.2. The van der Waals surface area contributed by atoms with E-state index in [1.807, 2.05) is 0 Å². The van der Waals surface area contributed by atoms with Crippen molar-refractivity contribution in [2.75, 3.05) is 6.61 Å². The number of unbranched alkanes of at least 4 members (excludes halogenated alkanes) is 2. The molecule has 0 saturated heterocycles. The van der Waals surface area contributed by atoms with E-state index in [1.54, 1.807) is 0 Å². The van der Waals surface area contributed by atoms with E-state index in [1.165, 1.54) is 5.57 Å². The van der Waals surface area contributed by atoms with Gasteiger partial charge in [0, 0.05) is 13.0 Å². The molecule has 0 radical (unpaired) electrons. The maximum atomic E-state index is 11.6. The number of Topliss-reactive ketones (excluding diaryl/α,β-unsaturated/α-hetero) is 1. The predicted octanol–water partition coefficient (Wildman–Crippen LogP) is 2.61. The molecule has 0 aromatic carbocycles. The van der Waals surface area contributed by atoms with Crippen LogP contribution in [0.4, 0.5) is 0 Å². The highest BCUT2D eigenvalue weighted by Gasteiger charge is 2.16. The molecule has 1 N–H and O–H groups in total. The van der Waals surface area contributed by atoms with Crippen molar-refractivity contribution in [3.63, 3.8) is 0 Å². The van der Waals surface area contributed by atoms with Crippen molar-refractivity contribution in [1.82, 2.24) is 0 Å². The van der Waals surface area contributed by atoms with Gasteiger partial charge in [0.2, 0.25) is 0 Å². The molecule has 0 fully saturated rings. The summed E-state index contributed by atoms with van der Waals surface area (Å²) in [6, 6.07) is 0. The molecule has 1 aliphatic carbocycles. The van der Waals surface area contributed by atoms with E-state index in [9.17, 15) is 4.79 Å². The summed E-state index contributed by atoms with van der Waals surface area (Å²) in [6.07, 6.45) is 6.73. The zero-order valence-corrected chi connectivity index (χ0v) is 9.01. The Kier molecular flexibility index (Phi) is 4.88. The van der Waals surface area contributed by atoms with Gasteiger partial charge in [-0.2, -0.15) is 0 Å². The number of ketones is 1. The molecule has 2 heteroatoms. The fraction of sp³-hybridized carbons (Fsp3) is 0.750. The number of carbonyl (C=O) groups excluding carboxylic acids is 1. The van der Waals surface area contributed by atoms with Crippen molar-refractivity contribution < 1.29 is 9.90 Å². The van der Waals surface area contributed by atoms with E-state index in [4.69, 9.17) is 5.11 Å². The summed E-state index contributed by atoms with van der Waals surface area (Å²) >= 11 is 0. The molecule has 0 amide bonds. The Bertz CT molecular complexity index is 228. The van der Waals surface area contributed by atoms with Crippen LogP contribution >= 0.6 is 0 Å². The first-order valence-corrected chi connectivity index (χ1v) is 5.58. The highest BCUT2D eigenvalue weighted by molar-refractivity contribution is 5.96. The maximum Gasteiger partial charge on any atom is 0.158 e. The zero-order valence-electron chi connectivity index (χ0n) is 9.01. The van der Waals surface area contributed by atoms with Gasteiger partial charge in [0.1, 0.15) is 0 Å². The number of carbonyl (C=O) groups is 1. The third-order valence-electron chi connectivity index (χ3n) is 2.89. The molecular weight excluding hydrogens is 176 g/mol. The van der Waals surface area contributed by atoms with Gasteiger partial charge in [0.05, 0.1) is 0 Å². The molecule has 14 heavy (non-hydrogen) atoms. The Morgan fingerprint density at radius 2 is 2.00 bits per heavy atom. The van der Waals surface area contributed by atoms with Crippen LogP contribution in [-0.2, 0) is 4.79 Å². The average molecular weight is 196 g/mol. The summed E-state index contributed by atoms with van der Waals surface area (Å²) in [5.74, 6) is 0.359. The molecular formula is C12H20O2. The van der Waals surface area contributed by atoms with Crippen molar-refractivity contribution in [2.24, 2.45) is 0 Å². The number of rotatable bonds is 5. The predicted molar refractivity (Wildman–Crippen MR) is 57.1 cm³/mol. The first-order chi connectivity index (χ1) is 6.75. The van der Waals surface area contributed by atoms with Crippen molar-refractivity contribution in [2.45, 2.75) is 51.9 Å². The third kappa shape index (κ3) is 3.26. The van der Waals surface area contributed by atoms with E-state index in [0.29, 0.717) is 5.78 Å². The minimum Gasteiger partial charge on any atom is -0.396 e. The molecule has 0 aliphatic heterocycles.